The standard InChI is InChI=1S/C18H20N4O2/c1-12-16(13(2)24-22-12)11-18(23)19-17-10-15(20-21-17)9-8-14-6-4-3-5-7-14/h3-7,10H,8-9,11H2,1-2H3,(H2,19,20,21,23). The number of aromatic nitrogens is 3. The van der Waals surface area contributed by atoms with Gasteiger partial charge in [0.15, 0.2) is 5.82 Å². The number of anilines is 1. The Morgan fingerprint density at radius 1 is 1.21 bits per heavy atom. The summed E-state index contributed by atoms with van der Waals surface area (Å²) in [6.45, 7) is 3.63. The summed E-state index contributed by atoms with van der Waals surface area (Å²) in [6, 6.07) is 12.1. The topological polar surface area (TPSA) is 83.8 Å². The fraction of sp³-hybridized carbons (Fsp3) is 0.278. The molecule has 0 fully saturated rings. The number of nitrogens with zero attached hydrogens (tertiary/aromatic N) is 2. The van der Waals surface area contributed by atoms with Crippen molar-refractivity contribution in [3.63, 3.8) is 0 Å². The minimum atomic E-state index is -0.134. The van der Waals surface area contributed by atoms with E-state index in [1.165, 1.54) is 5.56 Å². The molecule has 0 unspecified atom stereocenters. The number of hydrogen-bond donors (Lipinski definition) is 2. The molecule has 0 bridgehead atoms. The number of aryl methyl sites for hydroxylation is 4. The average Bonchev–Trinajstić information content (AvgIpc) is 3.15. The Kier molecular flexibility index (Phi) is 4.74. The third-order valence-electron chi connectivity index (χ3n) is 3.94. The van der Waals surface area contributed by atoms with Crippen LogP contribution in [0.5, 0.6) is 0 Å². The Morgan fingerprint density at radius 2 is 2.00 bits per heavy atom. The van der Waals surface area contributed by atoms with E-state index in [0.717, 1.165) is 29.8 Å². The number of carbonyl (C=O) groups excluding carboxylic acids is 1. The third-order valence-corrected chi connectivity index (χ3v) is 3.94. The van der Waals surface area contributed by atoms with Crippen molar-refractivity contribution in [3.05, 3.63) is 64.7 Å². The minimum absolute atomic E-state index is 0.134. The number of amides is 1. The molecule has 24 heavy (non-hydrogen) atoms. The number of nitrogens with one attached hydrogen (secondary N) is 2. The zero-order valence-corrected chi connectivity index (χ0v) is 13.8. The van der Waals surface area contributed by atoms with Gasteiger partial charge in [-0.25, -0.2) is 0 Å². The molecule has 3 aromatic rings. The molecule has 0 spiro atoms. The number of carbonyl (C=O) groups is 1. The minimum Gasteiger partial charge on any atom is -0.361 e. The van der Waals surface area contributed by atoms with Gasteiger partial charge in [-0.1, -0.05) is 35.5 Å². The van der Waals surface area contributed by atoms with Crippen LogP contribution in [-0.2, 0) is 24.1 Å². The number of H-pyrrole nitrogens is 1. The van der Waals surface area contributed by atoms with Gasteiger partial charge in [-0.2, -0.15) is 5.10 Å². The van der Waals surface area contributed by atoms with E-state index < -0.39 is 0 Å². The van der Waals surface area contributed by atoms with Gasteiger partial charge in [-0.3, -0.25) is 9.89 Å². The molecular formula is C18H20N4O2. The van der Waals surface area contributed by atoms with Crippen LogP contribution in [-0.4, -0.2) is 21.3 Å². The molecule has 0 saturated carbocycles. The predicted octanol–water partition coefficient (Wildman–Crippen LogP) is 2.98. The zero-order chi connectivity index (χ0) is 16.9. The summed E-state index contributed by atoms with van der Waals surface area (Å²) in [5, 5.41) is 13.8. The highest BCUT2D eigenvalue weighted by Gasteiger charge is 2.14. The van der Waals surface area contributed by atoms with Gasteiger partial charge in [-0.15, -0.1) is 0 Å². The Morgan fingerprint density at radius 3 is 2.71 bits per heavy atom. The lowest BCUT2D eigenvalue weighted by atomic mass is 10.1. The van der Waals surface area contributed by atoms with Gasteiger partial charge in [0.1, 0.15) is 5.76 Å². The average molecular weight is 324 g/mol. The summed E-state index contributed by atoms with van der Waals surface area (Å²) in [7, 11) is 0. The van der Waals surface area contributed by atoms with Crippen molar-refractivity contribution in [2.24, 2.45) is 0 Å². The van der Waals surface area contributed by atoms with E-state index in [1.807, 2.05) is 31.2 Å². The van der Waals surface area contributed by atoms with E-state index in [9.17, 15) is 4.79 Å². The largest absolute Gasteiger partial charge is 0.361 e. The maximum atomic E-state index is 12.1. The zero-order valence-electron chi connectivity index (χ0n) is 13.8. The molecule has 0 aliphatic rings. The first-order valence-corrected chi connectivity index (χ1v) is 7.91. The molecular weight excluding hydrogens is 304 g/mol. The Labute approximate surface area is 140 Å². The van der Waals surface area contributed by atoms with E-state index in [0.29, 0.717) is 11.6 Å². The maximum absolute atomic E-state index is 12.1. The summed E-state index contributed by atoms with van der Waals surface area (Å²) in [5.41, 5.74) is 3.84. The van der Waals surface area contributed by atoms with E-state index >= 15 is 0 Å². The summed E-state index contributed by atoms with van der Waals surface area (Å²) >= 11 is 0. The lowest BCUT2D eigenvalue weighted by molar-refractivity contribution is -0.115. The van der Waals surface area contributed by atoms with Gasteiger partial charge in [0.05, 0.1) is 12.1 Å². The van der Waals surface area contributed by atoms with Crippen molar-refractivity contribution in [2.75, 3.05) is 5.32 Å². The smallest absolute Gasteiger partial charge is 0.230 e. The monoisotopic (exact) mass is 324 g/mol. The van der Waals surface area contributed by atoms with Crippen LogP contribution in [0.1, 0.15) is 28.3 Å². The maximum Gasteiger partial charge on any atom is 0.230 e. The molecule has 0 radical (unpaired) electrons. The predicted molar refractivity (Wildman–Crippen MR) is 90.7 cm³/mol. The Hall–Kier alpha value is -2.89. The first kappa shape index (κ1) is 16.0. The molecule has 2 aromatic heterocycles. The molecule has 6 nitrogen and oxygen atoms in total. The second kappa shape index (κ2) is 7.12. The van der Waals surface area contributed by atoms with E-state index in [1.54, 1.807) is 6.92 Å². The molecule has 1 aromatic carbocycles. The fourth-order valence-corrected chi connectivity index (χ4v) is 2.58. The molecule has 2 heterocycles. The van der Waals surface area contributed by atoms with Crippen LogP contribution < -0.4 is 5.32 Å². The fourth-order valence-electron chi connectivity index (χ4n) is 2.58. The van der Waals surface area contributed by atoms with Gasteiger partial charge in [0.2, 0.25) is 5.91 Å². The Balaban J connectivity index is 1.55. The quantitative estimate of drug-likeness (QED) is 0.730. The van der Waals surface area contributed by atoms with E-state index in [2.05, 4.69) is 32.8 Å². The van der Waals surface area contributed by atoms with Gasteiger partial charge in [-0.05, 0) is 32.3 Å². The van der Waals surface area contributed by atoms with Crippen LogP contribution in [0.25, 0.3) is 0 Å². The number of aromatic amines is 1. The van der Waals surface area contributed by atoms with Gasteiger partial charge < -0.3 is 9.84 Å². The molecule has 1 amide bonds. The Bertz CT molecular complexity index is 801. The SMILES string of the molecule is Cc1noc(C)c1CC(=O)Nc1cc(CCc2ccccc2)[nH]n1. The molecule has 2 N–H and O–H groups in total. The van der Waals surface area contributed by atoms with Crippen molar-refractivity contribution < 1.29 is 9.32 Å². The normalized spacial score (nSPS) is 10.8. The molecule has 0 saturated heterocycles. The van der Waals surface area contributed by atoms with Crippen molar-refractivity contribution in [2.45, 2.75) is 33.1 Å². The van der Waals surface area contributed by atoms with Crippen LogP contribution in [0.15, 0.2) is 40.9 Å². The lowest BCUT2D eigenvalue weighted by Gasteiger charge is -2.01. The van der Waals surface area contributed by atoms with Crippen LogP contribution >= 0.6 is 0 Å². The summed E-state index contributed by atoms with van der Waals surface area (Å²) < 4.78 is 5.07. The summed E-state index contributed by atoms with van der Waals surface area (Å²) in [6.07, 6.45) is 2.00. The number of hydrogen-bond acceptors (Lipinski definition) is 4. The highest BCUT2D eigenvalue weighted by molar-refractivity contribution is 5.91. The van der Waals surface area contributed by atoms with Crippen LogP contribution in [0.3, 0.4) is 0 Å². The second-order valence-corrected chi connectivity index (χ2v) is 5.79. The molecule has 0 aliphatic carbocycles. The summed E-state index contributed by atoms with van der Waals surface area (Å²) in [4.78, 5) is 12.1. The van der Waals surface area contributed by atoms with Crippen molar-refractivity contribution >= 4 is 11.7 Å². The van der Waals surface area contributed by atoms with Crippen molar-refractivity contribution in [3.8, 4) is 0 Å². The number of benzene rings is 1. The molecule has 124 valence electrons. The van der Waals surface area contributed by atoms with Gasteiger partial charge in [0.25, 0.3) is 0 Å². The molecule has 0 atom stereocenters. The highest BCUT2D eigenvalue weighted by Crippen LogP contribution is 2.14. The highest BCUT2D eigenvalue weighted by atomic mass is 16.5. The van der Waals surface area contributed by atoms with E-state index in [-0.39, 0.29) is 12.3 Å². The third kappa shape index (κ3) is 3.90. The second-order valence-electron chi connectivity index (χ2n) is 5.79. The van der Waals surface area contributed by atoms with Gasteiger partial charge in [0, 0.05) is 17.3 Å². The first-order valence-electron chi connectivity index (χ1n) is 7.91. The van der Waals surface area contributed by atoms with Crippen molar-refractivity contribution in [1.29, 1.82) is 0 Å². The number of rotatable bonds is 6. The molecule has 3 rings (SSSR count). The van der Waals surface area contributed by atoms with Crippen LogP contribution in [0.4, 0.5) is 5.82 Å². The molecule has 0 aliphatic heterocycles. The van der Waals surface area contributed by atoms with Crippen LogP contribution in [0.2, 0.25) is 0 Å². The lowest BCUT2D eigenvalue weighted by Crippen LogP contribution is -2.15. The summed E-state index contributed by atoms with van der Waals surface area (Å²) in [5.74, 6) is 1.08. The van der Waals surface area contributed by atoms with E-state index in [4.69, 9.17) is 4.52 Å². The van der Waals surface area contributed by atoms with Gasteiger partial charge >= 0.3 is 0 Å². The van der Waals surface area contributed by atoms with Crippen molar-refractivity contribution in [1.82, 2.24) is 15.4 Å². The van der Waals surface area contributed by atoms with Crippen LogP contribution in [0, 0.1) is 13.8 Å². The first-order chi connectivity index (χ1) is 11.6. The molecule has 6 heteroatoms.